The minimum absolute atomic E-state index is 0.157. The van der Waals surface area contributed by atoms with Crippen molar-refractivity contribution in [2.45, 2.75) is 6.42 Å². The van der Waals surface area contributed by atoms with Crippen LogP contribution < -0.4 is 0 Å². The molecule has 106 valence electrons. The highest BCUT2D eigenvalue weighted by atomic mass is 16.4. The second-order valence-electron chi connectivity index (χ2n) is 5.19. The number of hydrogen-bond acceptors (Lipinski definition) is 3. The second-order valence-corrected chi connectivity index (χ2v) is 5.19. The molecule has 0 bridgehead atoms. The van der Waals surface area contributed by atoms with Crippen molar-refractivity contribution in [3.63, 3.8) is 0 Å². The molecule has 1 aromatic rings. The van der Waals surface area contributed by atoms with Gasteiger partial charge >= 0.3 is 5.97 Å². The van der Waals surface area contributed by atoms with Crippen LogP contribution in [0.25, 0.3) is 0 Å². The Kier molecular flexibility index (Phi) is 2.97. The predicted molar refractivity (Wildman–Crippen MR) is 74.8 cm³/mol. The fourth-order valence-corrected chi connectivity index (χ4v) is 2.67. The highest BCUT2D eigenvalue weighted by Gasteiger charge is 2.44. The maximum Gasteiger partial charge on any atom is 0.315 e. The normalized spacial score (nSPS) is 23.5. The van der Waals surface area contributed by atoms with E-state index in [0.29, 0.717) is 11.1 Å². The molecule has 21 heavy (non-hydrogen) atoms. The van der Waals surface area contributed by atoms with E-state index in [-0.39, 0.29) is 13.0 Å². The van der Waals surface area contributed by atoms with Gasteiger partial charge in [0.05, 0.1) is 11.1 Å². The molecule has 0 saturated heterocycles. The summed E-state index contributed by atoms with van der Waals surface area (Å²) in [6.07, 6.45) is 6.91. The fraction of sp³-hybridized carbons (Fsp3) is 0.188. The molecular formula is C16H13NO4. The van der Waals surface area contributed by atoms with Gasteiger partial charge < -0.3 is 5.11 Å². The van der Waals surface area contributed by atoms with E-state index >= 15 is 0 Å². The first-order valence-corrected chi connectivity index (χ1v) is 6.58. The molecule has 0 fully saturated rings. The average Bonchev–Trinajstić information content (AvgIpc) is 2.74. The van der Waals surface area contributed by atoms with Crippen LogP contribution in [-0.2, 0) is 4.79 Å². The van der Waals surface area contributed by atoms with Crippen LogP contribution in [-0.4, -0.2) is 34.3 Å². The van der Waals surface area contributed by atoms with E-state index < -0.39 is 23.2 Å². The van der Waals surface area contributed by atoms with Gasteiger partial charge in [-0.2, -0.15) is 0 Å². The summed E-state index contributed by atoms with van der Waals surface area (Å²) in [4.78, 5) is 37.3. The maximum atomic E-state index is 12.3. The largest absolute Gasteiger partial charge is 0.481 e. The van der Waals surface area contributed by atoms with Crippen LogP contribution in [0.2, 0.25) is 0 Å². The number of carboxylic acids is 1. The smallest absolute Gasteiger partial charge is 0.315 e. The number of carbonyl (C=O) groups excluding carboxylic acids is 2. The molecule has 1 aromatic carbocycles. The molecule has 3 rings (SSSR count). The summed E-state index contributed by atoms with van der Waals surface area (Å²) in [7, 11) is 0. The van der Waals surface area contributed by atoms with Crippen molar-refractivity contribution >= 4 is 17.8 Å². The van der Waals surface area contributed by atoms with Crippen molar-refractivity contribution in [1.82, 2.24) is 4.90 Å². The van der Waals surface area contributed by atoms with Gasteiger partial charge in [-0.25, -0.2) is 0 Å². The second kappa shape index (κ2) is 4.70. The van der Waals surface area contributed by atoms with Crippen molar-refractivity contribution in [2.75, 3.05) is 6.54 Å². The Hall–Kier alpha value is -2.69. The van der Waals surface area contributed by atoms with Gasteiger partial charge in [-0.05, 0) is 18.6 Å². The van der Waals surface area contributed by atoms with Crippen molar-refractivity contribution in [1.29, 1.82) is 0 Å². The van der Waals surface area contributed by atoms with Gasteiger partial charge in [-0.3, -0.25) is 19.3 Å². The van der Waals surface area contributed by atoms with Crippen molar-refractivity contribution in [2.24, 2.45) is 5.41 Å². The number of allylic oxidation sites excluding steroid dienone is 3. The van der Waals surface area contributed by atoms with Crippen LogP contribution in [0, 0.1) is 5.41 Å². The molecule has 1 aliphatic carbocycles. The highest BCUT2D eigenvalue weighted by Crippen LogP contribution is 2.33. The van der Waals surface area contributed by atoms with E-state index in [1.807, 2.05) is 0 Å². The van der Waals surface area contributed by atoms with Crippen molar-refractivity contribution < 1.29 is 19.5 Å². The topological polar surface area (TPSA) is 74.7 Å². The first kappa shape index (κ1) is 13.3. The number of nitrogens with zero attached hydrogens (tertiary/aromatic N) is 1. The molecule has 0 radical (unpaired) electrons. The molecular weight excluding hydrogens is 270 g/mol. The molecule has 5 nitrogen and oxygen atoms in total. The molecule has 1 heterocycles. The van der Waals surface area contributed by atoms with E-state index in [1.165, 1.54) is 0 Å². The number of hydrogen-bond donors (Lipinski definition) is 1. The first-order valence-electron chi connectivity index (χ1n) is 6.58. The van der Waals surface area contributed by atoms with E-state index in [9.17, 15) is 19.5 Å². The number of fused-ring (bicyclic) bond motifs is 1. The molecule has 2 aliphatic rings. The number of imide groups is 1. The molecule has 1 aliphatic heterocycles. The molecule has 0 saturated carbocycles. The Morgan fingerprint density at radius 2 is 1.76 bits per heavy atom. The summed E-state index contributed by atoms with van der Waals surface area (Å²) in [6.45, 7) is -0.157. The van der Waals surface area contributed by atoms with E-state index in [1.54, 1.807) is 48.6 Å². The minimum Gasteiger partial charge on any atom is -0.481 e. The number of benzene rings is 1. The molecule has 2 amide bonds. The van der Waals surface area contributed by atoms with Crippen LogP contribution in [0.4, 0.5) is 0 Å². The lowest BCUT2D eigenvalue weighted by Gasteiger charge is -2.30. The van der Waals surface area contributed by atoms with E-state index in [0.717, 1.165) is 4.90 Å². The van der Waals surface area contributed by atoms with Gasteiger partial charge in [0, 0.05) is 6.54 Å². The van der Waals surface area contributed by atoms with Gasteiger partial charge in [0.2, 0.25) is 0 Å². The molecule has 0 spiro atoms. The van der Waals surface area contributed by atoms with Gasteiger partial charge in [-0.1, -0.05) is 36.4 Å². The fourth-order valence-electron chi connectivity index (χ4n) is 2.67. The lowest BCUT2D eigenvalue weighted by atomic mass is 9.81. The van der Waals surface area contributed by atoms with Crippen LogP contribution >= 0.6 is 0 Å². The zero-order chi connectivity index (χ0) is 15.0. The maximum absolute atomic E-state index is 12.3. The Balaban J connectivity index is 1.94. The van der Waals surface area contributed by atoms with E-state index in [4.69, 9.17) is 0 Å². The highest BCUT2D eigenvalue weighted by molar-refractivity contribution is 6.21. The lowest BCUT2D eigenvalue weighted by molar-refractivity contribution is -0.146. The van der Waals surface area contributed by atoms with Crippen molar-refractivity contribution in [3.8, 4) is 0 Å². The Bertz CT molecular complexity index is 669. The monoisotopic (exact) mass is 283 g/mol. The molecule has 1 unspecified atom stereocenters. The Morgan fingerprint density at radius 3 is 2.24 bits per heavy atom. The summed E-state index contributed by atoms with van der Waals surface area (Å²) in [5.74, 6) is -1.90. The standard InChI is InChI=1S/C16H13NO4/c18-13-11-6-2-3-7-12(11)14(19)17(13)10-16(15(20)21)8-4-1-5-9-16/h1-8H,9-10H2,(H,20,21). The molecule has 0 aromatic heterocycles. The summed E-state index contributed by atoms with van der Waals surface area (Å²) in [5.41, 5.74) is -0.584. The van der Waals surface area contributed by atoms with Crippen LogP contribution in [0.15, 0.2) is 48.6 Å². The SMILES string of the molecule is O=C1c2ccccc2C(=O)N1CC1(C(=O)O)C=CC=CC1. The van der Waals surface area contributed by atoms with Gasteiger partial charge in [-0.15, -0.1) is 0 Å². The van der Waals surface area contributed by atoms with Crippen molar-refractivity contribution in [3.05, 3.63) is 59.7 Å². The minimum atomic E-state index is -1.25. The zero-order valence-electron chi connectivity index (χ0n) is 11.2. The number of aliphatic carboxylic acids is 1. The summed E-state index contributed by atoms with van der Waals surface area (Å²) in [5, 5.41) is 9.50. The zero-order valence-corrected chi connectivity index (χ0v) is 11.2. The van der Waals surface area contributed by atoms with Gasteiger partial charge in [0.25, 0.3) is 11.8 Å². The average molecular weight is 283 g/mol. The summed E-state index contributed by atoms with van der Waals surface area (Å²) in [6, 6.07) is 6.53. The lowest BCUT2D eigenvalue weighted by Crippen LogP contribution is -2.44. The number of carbonyl (C=O) groups is 3. The quantitative estimate of drug-likeness (QED) is 0.859. The first-order chi connectivity index (χ1) is 10.1. The summed E-state index contributed by atoms with van der Waals surface area (Å²) < 4.78 is 0. The molecule has 1 N–H and O–H groups in total. The Morgan fingerprint density at radius 1 is 1.14 bits per heavy atom. The molecule has 5 heteroatoms. The van der Waals surface area contributed by atoms with Gasteiger partial charge in [0.1, 0.15) is 5.41 Å². The third-order valence-electron chi connectivity index (χ3n) is 3.89. The Labute approximate surface area is 121 Å². The van der Waals surface area contributed by atoms with Gasteiger partial charge in [0.15, 0.2) is 0 Å². The summed E-state index contributed by atoms with van der Waals surface area (Å²) >= 11 is 0. The number of carboxylic acid groups (broad SMARTS) is 1. The van der Waals surface area contributed by atoms with E-state index in [2.05, 4.69) is 0 Å². The van der Waals surface area contributed by atoms with Crippen LogP contribution in [0.1, 0.15) is 27.1 Å². The van der Waals surface area contributed by atoms with Crippen LogP contribution in [0.3, 0.4) is 0 Å². The molecule has 1 atom stereocenters. The van der Waals surface area contributed by atoms with Crippen LogP contribution in [0.5, 0.6) is 0 Å². The number of rotatable bonds is 3. The third-order valence-corrected chi connectivity index (χ3v) is 3.89. The number of amides is 2. The predicted octanol–water partition coefficient (Wildman–Crippen LogP) is 1.87. The third kappa shape index (κ3) is 1.98.